The van der Waals surface area contributed by atoms with Gasteiger partial charge in [-0.15, -0.1) is 0 Å². The van der Waals surface area contributed by atoms with Gasteiger partial charge < -0.3 is 18.9 Å². The van der Waals surface area contributed by atoms with Crippen LogP contribution >= 0.6 is 0 Å². The highest BCUT2D eigenvalue weighted by molar-refractivity contribution is 5.54. The normalized spacial score (nSPS) is 13.7. The van der Waals surface area contributed by atoms with Crippen LogP contribution in [0.3, 0.4) is 0 Å². The van der Waals surface area contributed by atoms with Gasteiger partial charge in [0.25, 0.3) is 0 Å². The van der Waals surface area contributed by atoms with E-state index in [1.807, 2.05) is 24.3 Å². The molecule has 3 rings (SSSR count). The van der Waals surface area contributed by atoms with Crippen molar-refractivity contribution in [3.8, 4) is 23.0 Å². The second-order valence-electron chi connectivity index (χ2n) is 5.59. The van der Waals surface area contributed by atoms with Crippen molar-refractivity contribution < 1.29 is 18.9 Å². The Balaban J connectivity index is 1.95. The quantitative estimate of drug-likeness (QED) is 0.793. The molecule has 2 aromatic rings. The van der Waals surface area contributed by atoms with Crippen LogP contribution in [0.2, 0.25) is 0 Å². The Morgan fingerprint density at radius 2 is 1.78 bits per heavy atom. The molecule has 0 saturated carbocycles. The highest BCUT2D eigenvalue weighted by atomic mass is 16.7. The molecule has 4 nitrogen and oxygen atoms in total. The standard InChI is InChI=1S/C19H22O4/c1-4-9-21-17-11-19-18(22-12-23-19)10-16(17)13(2)14-5-7-15(20-3)8-6-14/h5-8,10-11,13H,4,9,12H2,1-3H3/t13-/m1/s1. The second kappa shape index (κ2) is 6.82. The molecule has 0 unspecified atom stereocenters. The molecule has 0 N–H and O–H groups in total. The molecule has 1 heterocycles. The van der Waals surface area contributed by atoms with Crippen molar-refractivity contribution in [2.24, 2.45) is 0 Å². The van der Waals surface area contributed by atoms with Crippen molar-refractivity contribution >= 4 is 0 Å². The summed E-state index contributed by atoms with van der Waals surface area (Å²) >= 11 is 0. The molecule has 2 aromatic carbocycles. The molecular weight excluding hydrogens is 292 g/mol. The second-order valence-corrected chi connectivity index (χ2v) is 5.59. The average molecular weight is 314 g/mol. The van der Waals surface area contributed by atoms with E-state index < -0.39 is 0 Å². The molecule has 0 bridgehead atoms. The van der Waals surface area contributed by atoms with Crippen LogP contribution < -0.4 is 18.9 Å². The van der Waals surface area contributed by atoms with E-state index in [4.69, 9.17) is 18.9 Å². The van der Waals surface area contributed by atoms with Crippen molar-refractivity contribution in [1.29, 1.82) is 0 Å². The lowest BCUT2D eigenvalue weighted by Gasteiger charge is -2.18. The van der Waals surface area contributed by atoms with E-state index in [1.165, 1.54) is 5.56 Å². The first-order chi connectivity index (χ1) is 11.2. The van der Waals surface area contributed by atoms with E-state index in [2.05, 4.69) is 26.0 Å². The first-order valence-corrected chi connectivity index (χ1v) is 7.93. The largest absolute Gasteiger partial charge is 0.497 e. The zero-order valence-electron chi connectivity index (χ0n) is 13.8. The molecule has 0 radical (unpaired) electrons. The number of methoxy groups -OCH3 is 1. The van der Waals surface area contributed by atoms with Crippen LogP contribution in [-0.2, 0) is 0 Å². The summed E-state index contributed by atoms with van der Waals surface area (Å²) in [4.78, 5) is 0. The van der Waals surface area contributed by atoms with E-state index in [1.54, 1.807) is 7.11 Å². The van der Waals surface area contributed by atoms with Gasteiger partial charge in [0.1, 0.15) is 11.5 Å². The predicted molar refractivity (Wildman–Crippen MR) is 88.9 cm³/mol. The van der Waals surface area contributed by atoms with Crippen LogP contribution in [0.1, 0.15) is 37.3 Å². The van der Waals surface area contributed by atoms with Gasteiger partial charge in [-0.25, -0.2) is 0 Å². The SMILES string of the molecule is CCCOc1cc2c(cc1[C@H](C)c1ccc(OC)cc1)OCO2. The topological polar surface area (TPSA) is 36.9 Å². The fraction of sp³-hybridized carbons (Fsp3) is 0.368. The van der Waals surface area contributed by atoms with Gasteiger partial charge in [0.15, 0.2) is 11.5 Å². The van der Waals surface area contributed by atoms with E-state index in [-0.39, 0.29) is 12.7 Å². The monoisotopic (exact) mass is 314 g/mol. The Kier molecular flexibility index (Phi) is 4.60. The van der Waals surface area contributed by atoms with Crippen LogP contribution in [0.4, 0.5) is 0 Å². The van der Waals surface area contributed by atoms with Gasteiger partial charge in [-0.3, -0.25) is 0 Å². The van der Waals surface area contributed by atoms with Gasteiger partial charge in [-0.2, -0.15) is 0 Å². The first-order valence-electron chi connectivity index (χ1n) is 7.93. The number of hydrogen-bond acceptors (Lipinski definition) is 4. The van der Waals surface area contributed by atoms with Gasteiger partial charge in [0.2, 0.25) is 6.79 Å². The summed E-state index contributed by atoms with van der Waals surface area (Å²) in [6.07, 6.45) is 0.963. The molecule has 0 saturated heterocycles. The van der Waals surface area contributed by atoms with Gasteiger partial charge in [-0.1, -0.05) is 26.0 Å². The number of hydrogen-bond donors (Lipinski definition) is 0. The maximum atomic E-state index is 5.94. The lowest BCUT2D eigenvalue weighted by molar-refractivity contribution is 0.173. The summed E-state index contributed by atoms with van der Waals surface area (Å²) in [5.41, 5.74) is 2.30. The number of ether oxygens (including phenoxy) is 4. The maximum Gasteiger partial charge on any atom is 0.231 e. The molecule has 0 fully saturated rings. The van der Waals surface area contributed by atoms with Crippen LogP contribution in [0.5, 0.6) is 23.0 Å². The first kappa shape index (κ1) is 15.5. The van der Waals surface area contributed by atoms with Crippen molar-refractivity contribution in [1.82, 2.24) is 0 Å². The van der Waals surface area contributed by atoms with Crippen LogP contribution in [0.15, 0.2) is 36.4 Å². The molecule has 23 heavy (non-hydrogen) atoms. The summed E-state index contributed by atoms with van der Waals surface area (Å²) in [6, 6.07) is 12.1. The molecule has 122 valence electrons. The van der Waals surface area contributed by atoms with Gasteiger partial charge in [0, 0.05) is 17.5 Å². The Hall–Kier alpha value is -2.36. The number of benzene rings is 2. The summed E-state index contributed by atoms with van der Waals surface area (Å²) in [7, 11) is 1.67. The molecule has 1 aliphatic heterocycles. The van der Waals surface area contributed by atoms with Gasteiger partial charge in [0.05, 0.1) is 13.7 Å². The third-order valence-corrected chi connectivity index (χ3v) is 4.05. The van der Waals surface area contributed by atoms with Crippen molar-refractivity contribution in [3.05, 3.63) is 47.5 Å². The minimum atomic E-state index is 0.183. The number of rotatable bonds is 6. The van der Waals surface area contributed by atoms with E-state index in [0.717, 1.165) is 35.0 Å². The molecule has 1 atom stereocenters. The molecule has 0 aliphatic carbocycles. The lowest BCUT2D eigenvalue weighted by atomic mass is 9.92. The van der Waals surface area contributed by atoms with Crippen molar-refractivity contribution in [3.63, 3.8) is 0 Å². The van der Waals surface area contributed by atoms with Crippen LogP contribution in [-0.4, -0.2) is 20.5 Å². The average Bonchev–Trinajstić information content (AvgIpc) is 3.06. The highest BCUT2D eigenvalue weighted by Crippen LogP contribution is 2.42. The van der Waals surface area contributed by atoms with Gasteiger partial charge >= 0.3 is 0 Å². The Bertz CT molecular complexity index is 664. The Morgan fingerprint density at radius 3 is 2.43 bits per heavy atom. The van der Waals surface area contributed by atoms with E-state index >= 15 is 0 Å². The van der Waals surface area contributed by atoms with Crippen molar-refractivity contribution in [2.45, 2.75) is 26.2 Å². The zero-order valence-corrected chi connectivity index (χ0v) is 13.8. The van der Waals surface area contributed by atoms with Crippen LogP contribution in [0.25, 0.3) is 0 Å². The summed E-state index contributed by atoms with van der Waals surface area (Å²) in [5, 5.41) is 0. The molecular formula is C19H22O4. The Labute approximate surface area is 136 Å². The molecule has 0 amide bonds. The summed E-state index contributed by atoms with van der Waals surface area (Å²) in [6.45, 7) is 5.21. The predicted octanol–water partition coefficient (Wildman–Crippen LogP) is 4.36. The fourth-order valence-corrected chi connectivity index (χ4v) is 2.69. The van der Waals surface area contributed by atoms with Gasteiger partial charge in [-0.05, 0) is 30.2 Å². The van der Waals surface area contributed by atoms with E-state index in [0.29, 0.717) is 6.61 Å². The smallest absolute Gasteiger partial charge is 0.231 e. The van der Waals surface area contributed by atoms with Crippen molar-refractivity contribution in [2.75, 3.05) is 20.5 Å². The summed E-state index contributed by atoms with van der Waals surface area (Å²) in [5.74, 6) is 3.43. The highest BCUT2D eigenvalue weighted by Gasteiger charge is 2.22. The van der Waals surface area contributed by atoms with E-state index in [9.17, 15) is 0 Å². The lowest BCUT2D eigenvalue weighted by Crippen LogP contribution is -2.03. The zero-order chi connectivity index (χ0) is 16.2. The van der Waals surface area contributed by atoms with Crippen LogP contribution in [0, 0.1) is 0 Å². The number of fused-ring (bicyclic) bond motifs is 1. The molecule has 1 aliphatic rings. The third kappa shape index (κ3) is 3.21. The molecule has 0 aromatic heterocycles. The Morgan fingerprint density at radius 1 is 1.09 bits per heavy atom. The fourth-order valence-electron chi connectivity index (χ4n) is 2.69. The third-order valence-electron chi connectivity index (χ3n) is 4.05. The molecule has 0 spiro atoms. The minimum Gasteiger partial charge on any atom is -0.497 e. The molecule has 4 heteroatoms. The summed E-state index contributed by atoms with van der Waals surface area (Å²) < 4.78 is 22.2. The maximum absolute atomic E-state index is 5.94. The minimum absolute atomic E-state index is 0.183.